The van der Waals surface area contributed by atoms with Gasteiger partial charge in [-0.1, -0.05) is 29.3 Å². The summed E-state index contributed by atoms with van der Waals surface area (Å²) in [5.74, 6) is -0.168. The lowest BCUT2D eigenvalue weighted by molar-refractivity contribution is -0.130. The van der Waals surface area contributed by atoms with Crippen molar-refractivity contribution in [1.29, 1.82) is 0 Å². The maximum absolute atomic E-state index is 12.0. The number of benzene rings is 1. The molecule has 0 aliphatic rings. The third kappa shape index (κ3) is 6.65. The van der Waals surface area contributed by atoms with Crippen LogP contribution in [-0.2, 0) is 22.6 Å². The van der Waals surface area contributed by atoms with E-state index in [-0.39, 0.29) is 18.2 Å². The molecule has 1 aromatic heterocycles. The minimum Gasteiger partial charge on any atom is -0.356 e. The molecule has 0 aliphatic heterocycles. The fraction of sp³-hybridized carbons (Fsp3) is 0.316. The standard InChI is InChI=1S/C19H21Cl2N3O2/c1-14(25)24(13-15-4-8-22-9-5-15)11-7-19(26)23-10-6-16-2-3-17(20)12-18(16)21/h2-5,8-9,12H,6-7,10-11,13H2,1H3,(H,23,26). The van der Waals surface area contributed by atoms with Crippen LogP contribution in [0, 0.1) is 0 Å². The Hall–Kier alpha value is -2.11. The van der Waals surface area contributed by atoms with Gasteiger partial charge in [-0.3, -0.25) is 14.6 Å². The predicted molar refractivity (Wildman–Crippen MR) is 103 cm³/mol. The van der Waals surface area contributed by atoms with Gasteiger partial charge in [0.2, 0.25) is 11.8 Å². The lowest BCUT2D eigenvalue weighted by Crippen LogP contribution is -2.34. The fourth-order valence-corrected chi connectivity index (χ4v) is 2.95. The Kier molecular flexibility index (Phi) is 7.88. The molecule has 0 bridgehead atoms. The second-order valence-electron chi connectivity index (χ2n) is 5.88. The highest BCUT2D eigenvalue weighted by molar-refractivity contribution is 6.35. The highest BCUT2D eigenvalue weighted by Crippen LogP contribution is 2.21. The molecule has 0 atom stereocenters. The van der Waals surface area contributed by atoms with Crippen LogP contribution in [0.1, 0.15) is 24.5 Å². The van der Waals surface area contributed by atoms with Gasteiger partial charge >= 0.3 is 0 Å². The number of nitrogens with one attached hydrogen (secondary N) is 1. The number of halogens is 2. The lowest BCUT2D eigenvalue weighted by Gasteiger charge is -2.20. The van der Waals surface area contributed by atoms with Gasteiger partial charge in [-0.2, -0.15) is 0 Å². The van der Waals surface area contributed by atoms with Crippen molar-refractivity contribution in [2.45, 2.75) is 26.3 Å². The number of amides is 2. The summed E-state index contributed by atoms with van der Waals surface area (Å²) in [6, 6.07) is 9.01. The van der Waals surface area contributed by atoms with Crippen molar-refractivity contribution in [3.63, 3.8) is 0 Å². The minimum absolute atomic E-state index is 0.0671. The Morgan fingerprint density at radius 3 is 2.54 bits per heavy atom. The van der Waals surface area contributed by atoms with Gasteiger partial charge in [0, 0.05) is 55.4 Å². The summed E-state index contributed by atoms with van der Waals surface area (Å²) >= 11 is 12.0. The first kappa shape index (κ1) is 20.2. The number of carbonyl (C=O) groups excluding carboxylic acids is 2. The van der Waals surface area contributed by atoms with E-state index in [4.69, 9.17) is 23.2 Å². The van der Waals surface area contributed by atoms with Crippen LogP contribution < -0.4 is 5.32 Å². The molecule has 26 heavy (non-hydrogen) atoms. The molecule has 0 fully saturated rings. The van der Waals surface area contributed by atoms with E-state index < -0.39 is 0 Å². The Bertz CT molecular complexity index is 754. The quantitative estimate of drug-likeness (QED) is 0.746. The zero-order valence-electron chi connectivity index (χ0n) is 14.5. The average Bonchev–Trinajstić information content (AvgIpc) is 2.61. The summed E-state index contributed by atoms with van der Waals surface area (Å²) in [5.41, 5.74) is 1.91. The smallest absolute Gasteiger partial charge is 0.221 e. The minimum atomic E-state index is -0.101. The van der Waals surface area contributed by atoms with Crippen LogP contribution in [0.15, 0.2) is 42.7 Å². The number of aromatic nitrogens is 1. The summed E-state index contributed by atoms with van der Waals surface area (Å²) < 4.78 is 0. The Morgan fingerprint density at radius 2 is 1.88 bits per heavy atom. The van der Waals surface area contributed by atoms with E-state index in [9.17, 15) is 9.59 Å². The first-order valence-corrected chi connectivity index (χ1v) is 9.06. The van der Waals surface area contributed by atoms with E-state index in [0.717, 1.165) is 11.1 Å². The Balaban J connectivity index is 1.76. The second kappa shape index (κ2) is 10.1. The molecule has 138 valence electrons. The van der Waals surface area contributed by atoms with Crippen LogP contribution in [0.2, 0.25) is 10.0 Å². The molecule has 2 aromatic rings. The van der Waals surface area contributed by atoms with Crippen molar-refractivity contribution in [1.82, 2.24) is 15.2 Å². The molecule has 2 amide bonds. The van der Waals surface area contributed by atoms with Crippen molar-refractivity contribution in [3.05, 3.63) is 63.9 Å². The number of rotatable bonds is 8. The second-order valence-corrected chi connectivity index (χ2v) is 6.73. The topological polar surface area (TPSA) is 62.3 Å². The fourth-order valence-electron chi connectivity index (χ4n) is 2.44. The molecule has 0 radical (unpaired) electrons. The molecule has 2 rings (SSSR count). The summed E-state index contributed by atoms with van der Waals surface area (Å²) in [5, 5.41) is 4.03. The summed E-state index contributed by atoms with van der Waals surface area (Å²) in [4.78, 5) is 29.4. The molecule has 1 N–H and O–H groups in total. The molecular formula is C19H21Cl2N3O2. The summed E-state index contributed by atoms with van der Waals surface area (Å²) in [6.45, 7) is 2.81. The van der Waals surface area contributed by atoms with Gasteiger partial charge in [0.05, 0.1) is 0 Å². The van der Waals surface area contributed by atoms with E-state index in [1.165, 1.54) is 6.92 Å². The molecule has 0 saturated heterocycles. The molecule has 1 heterocycles. The van der Waals surface area contributed by atoms with Crippen molar-refractivity contribution >= 4 is 35.0 Å². The molecular weight excluding hydrogens is 373 g/mol. The Labute approximate surface area is 163 Å². The number of carbonyl (C=O) groups is 2. The monoisotopic (exact) mass is 393 g/mol. The normalized spacial score (nSPS) is 10.4. The molecule has 0 aliphatic carbocycles. The number of hydrogen-bond acceptors (Lipinski definition) is 3. The molecule has 0 spiro atoms. The Morgan fingerprint density at radius 1 is 1.15 bits per heavy atom. The van der Waals surface area contributed by atoms with Gasteiger partial charge in [0.25, 0.3) is 0 Å². The first-order valence-electron chi connectivity index (χ1n) is 8.30. The van der Waals surface area contributed by atoms with Crippen molar-refractivity contribution in [2.75, 3.05) is 13.1 Å². The zero-order chi connectivity index (χ0) is 18.9. The maximum atomic E-state index is 12.0. The van der Waals surface area contributed by atoms with Crippen LogP contribution in [0.3, 0.4) is 0 Å². The largest absolute Gasteiger partial charge is 0.356 e. The van der Waals surface area contributed by atoms with E-state index in [1.54, 1.807) is 29.4 Å². The van der Waals surface area contributed by atoms with Crippen LogP contribution in [0.4, 0.5) is 0 Å². The van der Waals surface area contributed by atoms with Crippen LogP contribution in [-0.4, -0.2) is 34.8 Å². The van der Waals surface area contributed by atoms with Crippen LogP contribution >= 0.6 is 23.2 Å². The van der Waals surface area contributed by atoms with Gasteiger partial charge in [-0.05, 0) is 41.8 Å². The summed E-state index contributed by atoms with van der Waals surface area (Å²) in [7, 11) is 0. The number of pyridine rings is 1. The van der Waals surface area contributed by atoms with Gasteiger partial charge in [-0.25, -0.2) is 0 Å². The third-order valence-corrected chi connectivity index (χ3v) is 4.50. The third-order valence-electron chi connectivity index (χ3n) is 3.91. The molecule has 5 nitrogen and oxygen atoms in total. The van der Waals surface area contributed by atoms with Gasteiger partial charge in [0.15, 0.2) is 0 Å². The van der Waals surface area contributed by atoms with Crippen LogP contribution in [0.25, 0.3) is 0 Å². The van der Waals surface area contributed by atoms with E-state index in [1.807, 2.05) is 18.2 Å². The average molecular weight is 394 g/mol. The van der Waals surface area contributed by atoms with E-state index in [0.29, 0.717) is 36.1 Å². The van der Waals surface area contributed by atoms with Crippen LogP contribution in [0.5, 0.6) is 0 Å². The zero-order valence-corrected chi connectivity index (χ0v) is 16.1. The first-order chi connectivity index (χ1) is 12.5. The van der Waals surface area contributed by atoms with Crippen molar-refractivity contribution in [3.8, 4) is 0 Å². The van der Waals surface area contributed by atoms with Crippen molar-refractivity contribution < 1.29 is 9.59 Å². The number of nitrogens with zero attached hydrogens (tertiary/aromatic N) is 2. The van der Waals surface area contributed by atoms with Gasteiger partial charge in [0.1, 0.15) is 0 Å². The maximum Gasteiger partial charge on any atom is 0.221 e. The highest BCUT2D eigenvalue weighted by Gasteiger charge is 2.12. The molecule has 7 heteroatoms. The van der Waals surface area contributed by atoms with Gasteiger partial charge in [-0.15, -0.1) is 0 Å². The van der Waals surface area contributed by atoms with Gasteiger partial charge < -0.3 is 10.2 Å². The molecule has 0 unspecified atom stereocenters. The van der Waals surface area contributed by atoms with E-state index >= 15 is 0 Å². The lowest BCUT2D eigenvalue weighted by atomic mass is 10.1. The summed E-state index contributed by atoms with van der Waals surface area (Å²) in [6.07, 6.45) is 4.23. The number of hydrogen-bond donors (Lipinski definition) is 1. The van der Waals surface area contributed by atoms with Crippen molar-refractivity contribution in [2.24, 2.45) is 0 Å². The van der Waals surface area contributed by atoms with E-state index in [2.05, 4.69) is 10.3 Å². The molecule has 1 aromatic carbocycles. The SMILES string of the molecule is CC(=O)N(CCC(=O)NCCc1ccc(Cl)cc1Cl)Cc1ccncc1. The predicted octanol–water partition coefficient (Wildman–Crippen LogP) is 3.49. The highest BCUT2D eigenvalue weighted by atomic mass is 35.5. The molecule has 0 saturated carbocycles.